The molecule has 0 spiro atoms. The zero-order chi connectivity index (χ0) is 83.1. The lowest BCUT2D eigenvalue weighted by Crippen LogP contribution is -2.58. The number of piperazine rings is 3. The normalized spacial score (nSPS) is 22.1. The number of halogens is 6. The smallest absolute Gasteiger partial charge is 0.350 e. The van der Waals surface area contributed by atoms with Crippen LogP contribution in [0.4, 0.5) is 43.8 Å². The third-order valence-electron chi connectivity index (χ3n) is 24.9. The van der Waals surface area contributed by atoms with Crippen LogP contribution in [-0.4, -0.2) is 227 Å². The van der Waals surface area contributed by atoms with Gasteiger partial charge < -0.3 is 29.4 Å². The van der Waals surface area contributed by atoms with E-state index < -0.39 is 34.9 Å². The SMILES string of the molecule is C=CC(=O)N1CCN(c2nc(=O)n3c4c(c(-c5ccc(F)cc5F)c(C)cc24)SCC(N2CCC2)C3)CC1.C=CC(=O)N1C[C@H](C)N(c2nc(=O)n3c4c(c(-c5ccc(F)cc5F)c(C)cc24)SCC(N2CCC2)C3)C[C@H]1C.C=CC(=O)N1[C@H](C)CN(c2nc(=O)n3c4c(c(-c5ccc(F)cc5F)c(C)cc24)SCC(N2CCC2)C3)C[C@@H]1C. The molecule has 3 amide bonds. The van der Waals surface area contributed by atoms with Gasteiger partial charge in [0.15, 0.2) is 0 Å². The van der Waals surface area contributed by atoms with E-state index in [-0.39, 0.29) is 77.1 Å². The molecule has 12 heterocycles. The zero-order valence-electron chi connectivity index (χ0n) is 67.2. The van der Waals surface area contributed by atoms with Crippen LogP contribution in [0.5, 0.6) is 0 Å². The van der Waals surface area contributed by atoms with E-state index in [1.165, 1.54) is 54.6 Å². The highest BCUT2D eigenvalue weighted by Gasteiger charge is 2.41. The topological polar surface area (TPSA) is 185 Å². The van der Waals surface area contributed by atoms with Crippen molar-refractivity contribution in [1.29, 1.82) is 0 Å². The Kier molecular flexibility index (Phi) is 23.3. The number of aryl methyl sites for hydroxylation is 3. The van der Waals surface area contributed by atoms with Crippen molar-refractivity contribution in [2.45, 2.75) is 144 Å². The van der Waals surface area contributed by atoms with E-state index in [2.05, 4.69) is 64.1 Å². The lowest BCUT2D eigenvalue weighted by atomic mass is 9.96. The fourth-order valence-corrected chi connectivity index (χ4v) is 22.9. The van der Waals surface area contributed by atoms with E-state index in [1.807, 2.05) is 71.6 Å². The maximum absolute atomic E-state index is 15.2. The molecule has 6 fully saturated rings. The molecule has 18 rings (SSSR count). The van der Waals surface area contributed by atoms with Crippen molar-refractivity contribution in [2.24, 2.45) is 0 Å². The Bertz CT molecular complexity index is 5780. The Hall–Kier alpha value is -9.72. The van der Waals surface area contributed by atoms with Gasteiger partial charge in [0.05, 0.1) is 16.6 Å². The molecule has 0 radical (unpaired) electrons. The summed E-state index contributed by atoms with van der Waals surface area (Å²) in [7, 11) is 0. The van der Waals surface area contributed by atoms with Gasteiger partial charge in [0.25, 0.3) is 0 Å². The molecule has 118 heavy (non-hydrogen) atoms. The molecule has 9 aliphatic rings. The minimum absolute atomic E-state index is 0.0874. The summed E-state index contributed by atoms with van der Waals surface area (Å²) in [5.74, 6) is -0.0913. The maximum Gasteiger partial charge on any atom is 0.350 e. The summed E-state index contributed by atoms with van der Waals surface area (Å²) in [5.41, 5.74) is 6.77. The van der Waals surface area contributed by atoms with Gasteiger partial charge in [0.1, 0.15) is 52.4 Å². The highest BCUT2D eigenvalue weighted by atomic mass is 32.2. The molecule has 21 nitrogen and oxygen atoms in total. The maximum atomic E-state index is 15.2. The van der Waals surface area contributed by atoms with E-state index in [9.17, 15) is 41.9 Å². The Labute approximate surface area is 693 Å². The quantitative estimate of drug-likeness (QED) is 0.0830. The summed E-state index contributed by atoms with van der Waals surface area (Å²) >= 11 is 4.91. The predicted molar refractivity (Wildman–Crippen MR) is 456 cm³/mol. The monoisotopic (exact) mass is 1670 g/mol. The van der Waals surface area contributed by atoms with Gasteiger partial charge in [-0.05, 0) is 197 Å². The third-order valence-corrected chi connectivity index (χ3v) is 28.6. The summed E-state index contributed by atoms with van der Waals surface area (Å²) in [5, 5.41) is 2.50. The van der Waals surface area contributed by atoms with Gasteiger partial charge in [0, 0.05) is 214 Å². The summed E-state index contributed by atoms with van der Waals surface area (Å²) < 4.78 is 92.3. The number of thioether (sulfide) groups is 3. The first kappa shape index (κ1) is 82.0. The molecule has 6 aromatic carbocycles. The molecule has 9 aliphatic heterocycles. The molecule has 6 saturated heterocycles. The first-order valence-electron chi connectivity index (χ1n) is 40.5. The standard InChI is InChI=1S/2C30H33F2N5O2S.C28H29F2N5O2S/c1-5-25(38)35-13-19(4)36(14-18(35)3)29-23-11-17(2)26(22-8-7-20(31)12-24(22)32)28-27(23)37(30(39)33-29)15-21(16-40-28)34-9-6-10-34;1-5-25(38)37-18(3)13-35(14-19(37)4)29-23-11-17(2)26(22-8-7-20(31)12-24(22)32)28-27(23)36(30(39)33-29)15-21(16-40-28)34-9-6-10-34;1-3-23(36)33-9-11-34(12-10-33)27-21-13-17(2)24(20-6-5-18(29)14-22(20)30)26-25(21)35(28(37)31-27)15-19(16-38-26)32-7-4-8-32/h2*5,7-8,11-12,18-19,21H,1,6,9-10,13-16H2,2-4H3;3,5-6,13-14,19H,1,4,7-12,15-16H2,2H3/t2*18-,19+,21?;/m1../s1. The van der Waals surface area contributed by atoms with Gasteiger partial charge in [-0.25, -0.2) is 40.7 Å². The highest BCUT2D eigenvalue weighted by Crippen LogP contribution is 2.49. The van der Waals surface area contributed by atoms with Gasteiger partial charge in [-0.2, -0.15) is 15.0 Å². The summed E-state index contributed by atoms with van der Waals surface area (Å²) in [4.78, 5) is 113. The van der Waals surface area contributed by atoms with Gasteiger partial charge in [-0.15, -0.1) is 35.3 Å². The van der Waals surface area contributed by atoms with Crippen molar-refractivity contribution in [1.82, 2.24) is 58.1 Å². The molecule has 3 aromatic heterocycles. The number of carbonyl (C=O) groups is 3. The summed E-state index contributed by atoms with van der Waals surface area (Å²) in [6, 6.07) is 17.0. The molecule has 0 N–H and O–H groups in total. The first-order chi connectivity index (χ1) is 56.7. The second-order valence-corrected chi connectivity index (χ2v) is 35.5. The number of hydrogen-bond donors (Lipinski definition) is 0. The van der Waals surface area contributed by atoms with Crippen LogP contribution in [0.25, 0.3) is 66.1 Å². The third kappa shape index (κ3) is 15.2. The zero-order valence-corrected chi connectivity index (χ0v) is 69.7. The summed E-state index contributed by atoms with van der Waals surface area (Å²) in [6.07, 6.45) is 7.40. The molecular weight excluding hydrogens is 1570 g/mol. The number of likely N-dealkylation sites (tertiary alicyclic amines) is 3. The Balaban J connectivity index is 0.000000132. The Morgan fingerprint density at radius 3 is 1.11 bits per heavy atom. The molecule has 9 aromatic rings. The van der Waals surface area contributed by atoms with Crippen molar-refractivity contribution < 1.29 is 40.7 Å². The fraction of sp³-hybridized carbons (Fsp3) is 0.420. The van der Waals surface area contributed by atoms with Gasteiger partial charge in [-0.1, -0.05) is 19.7 Å². The average Bonchev–Trinajstić information content (AvgIpc) is 1.12. The van der Waals surface area contributed by atoms with E-state index in [4.69, 9.17) is 0 Å². The van der Waals surface area contributed by atoms with Crippen LogP contribution in [0.3, 0.4) is 0 Å². The number of benzene rings is 6. The molecule has 618 valence electrons. The molecule has 30 heteroatoms. The lowest BCUT2D eigenvalue weighted by Gasteiger charge is -2.44. The molecular formula is C88H95F6N15O6S3. The van der Waals surface area contributed by atoms with Crippen molar-refractivity contribution in [3.05, 3.63) is 194 Å². The second-order valence-electron chi connectivity index (χ2n) is 32.4. The fourth-order valence-electron chi connectivity index (χ4n) is 18.5. The van der Waals surface area contributed by atoms with E-state index >= 15 is 13.2 Å². The van der Waals surface area contributed by atoms with Crippen molar-refractivity contribution in [2.75, 3.05) is 124 Å². The predicted octanol–water partition coefficient (Wildman–Crippen LogP) is 12.5. The van der Waals surface area contributed by atoms with Crippen LogP contribution in [0.15, 0.2) is 140 Å². The van der Waals surface area contributed by atoms with Gasteiger partial charge >= 0.3 is 17.1 Å². The van der Waals surface area contributed by atoms with Gasteiger partial charge in [0.2, 0.25) is 17.7 Å². The number of amides is 3. The molecule has 3 unspecified atom stereocenters. The molecule has 0 aliphatic carbocycles. The number of rotatable bonds is 12. The van der Waals surface area contributed by atoms with Crippen LogP contribution >= 0.6 is 35.3 Å². The van der Waals surface area contributed by atoms with Gasteiger partial charge in [-0.3, -0.25) is 42.8 Å². The Morgan fingerprint density at radius 1 is 0.407 bits per heavy atom. The number of anilines is 3. The highest BCUT2D eigenvalue weighted by molar-refractivity contribution is 8.00. The Morgan fingerprint density at radius 2 is 0.763 bits per heavy atom. The van der Waals surface area contributed by atoms with Crippen molar-refractivity contribution in [3.8, 4) is 33.4 Å². The number of hydrogen-bond acceptors (Lipinski definition) is 18. The summed E-state index contributed by atoms with van der Waals surface area (Å²) in [6.45, 7) is 36.2. The first-order valence-corrected chi connectivity index (χ1v) is 43.4. The molecule has 7 atom stereocenters. The van der Waals surface area contributed by atoms with Crippen LogP contribution in [0, 0.1) is 55.7 Å². The number of carbonyl (C=O) groups excluding carboxylic acids is 3. The number of nitrogens with zero attached hydrogens (tertiary/aromatic N) is 15. The lowest BCUT2D eigenvalue weighted by molar-refractivity contribution is -0.131. The number of aromatic nitrogens is 6. The molecule has 0 saturated carbocycles. The van der Waals surface area contributed by atoms with Crippen molar-refractivity contribution >= 4 is 103 Å². The average molecular weight is 1670 g/mol. The van der Waals surface area contributed by atoms with E-state index in [1.54, 1.807) is 58.8 Å². The second kappa shape index (κ2) is 33.5. The van der Waals surface area contributed by atoms with E-state index in [0.717, 1.165) is 158 Å². The van der Waals surface area contributed by atoms with Crippen molar-refractivity contribution in [3.63, 3.8) is 0 Å². The van der Waals surface area contributed by atoms with Crippen LogP contribution in [0.2, 0.25) is 0 Å². The minimum Gasteiger partial charge on any atom is -0.352 e. The van der Waals surface area contributed by atoms with Crippen LogP contribution in [-0.2, 0) is 34.0 Å². The largest absolute Gasteiger partial charge is 0.352 e. The van der Waals surface area contributed by atoms with Crippen LogP contribution in [0.1, 0.15) is 63.6 Å². The van der Waals surface area contributed by atoms with Crippen LogP contribution < -0.4 is 31.8 Å². The molecule has 0 bridgehead atoms. The minimum atomic E-state index is -0.628. The van der Waals surface area contributed by atoms with E-state index in [0.29, 0.717) is 123 Å².